The lowest BCUT2D eigenvalue weighted by molar-refractivity contribution is -0.123. The first-order chi connectivity index (χ1) is 20.2. The van der Waals surface area contributed by atoms with Crippen molar-refractivity contribution in [1.82, 2.24) is 24.8 Å². The highest BCUT2D eigenvalue weighted by Gasteiger charge is 2.67. The summed E-state index contributed by atoms with van der Waals surface area (Å²) >= 11 is 1.27. The molecule has 42 heavy (non-hydrogen) atoms. The molecule has 4 aromatic rings. The number of anilines is 2. The fourth-order valence-corrected chi connectivity index (χ4v) is 6.40. The lowest BCUT2D eigenvalue weighted by Gasteiger charge is -2.34. The number of nitrogens with two attached hydrogens (primary N) is 1. The summed E-state index contributed by atoms with van der Waals surface area (Å²) in [6.07, 6.45) is 9.64. The summed E-state index contributed by atoms with van der Waals surface area (Å²) in [7, 11) is 3.28. The Balaban J connectivity index is 1.29. The Labute approximate surface area is 243 Å². The van der Waals surface area contributed by atoms with Crippen LogP contribution >= 0.6 is 11.8 Å². The average molecular weight is 593 g/mol. The average Bonchev–Trinajstić information content (AvgIpc) is 3.46. The number of aliphatic imine (C=N–C) groups is 1. The van der Waals surface area contributed by atoms with Gasteiger partial charge in [-0.3, -0.25) is 4.79 Å². The molecule has 4 heterocycles. The molecule has 3 N–H and O–H groups in total. The maximum absolute atomic E-state index is 15.4. The van der Waals surface area contributed by atoms with Gasteiger partial charge in [0.15, 0.2) is 17.6 Å². The standard InChI is InChI=1S/C28H26F2N8O3S/c1-38(2)23(39)5-7-27-12-20(27)28(15-29,37-26(31)42-27)17-11-16(3-4-18(17)30)35-25-24-19(6-8-33-25)36-21(13-34-24)41-14-22-32-9-10-40-22/h3-11,13,20H,12,14-15H2,1-2H3,(H2,31,37)(H,33,35)/b7-5+/t20-,27+,28-/m1/s1. The van der Waals surface area contributed by atoms with Crippen molar-refractivity contribution in [1.29, 1.82) is 0 Å². The summed E-state index contributed by atoms with van der Waals surface area (Å²) in [5.74, 6) is -0.199. The minimum Gasteiger partial charge on any atom is -0.467 e. The van der Waals surface area contributed by atoms with Crippen LogP contribution in [0.25, 0.3) is 11.0 Å². The van der Waals surface area contributed by atoms with Crippen molar-refractivity contribution in [2.75, 3.05) is 26.1 Å². The third kappa shape index (κ3) is 5.02. The number of halogens is 2. The first-order valence-electron chi connectivity index (χ1n) is 12.9. The Morgan fingerprint density at radius 3 is 2.90 bits per heavy atom. The number of amidine groups is 1. The number of oxazole rings is 1. The number of carbonyl (C=O) groups is 1. The van der Waals surface area contributed by atoms with Crippen molar-refractivity contribution in [3.05, 3.63) is 78.5 Å². The number of ether oxygens (including phenoxy) is 1. The number of pyridine rings is 1. The van der Waals surface area contributed by atoms with Gasteiger partial charge in [-0.2, -0.15) is 0 Å². The third-order valence-corrected chi connectivity index (χ3v) is 8.51. The van der Waals surface area contributed by atoms with Gasteiger partial charge in [-0.15, -0.1) is 0 Å². The molecule has 0 saturated heterocycles. The van der Waals surface area contributed by atoms with E-state index < -0.39 is 28.7 Å². The molecule has 1 aliphatic heterocycles. The Morgan fingerprint density at radius 2 is 2.14 bits per heavy atom. The molecular weight excluding hydrogens is 566 g/mol. The number of nitrogens with zero attached hydrogens (tertiary/aromatic N) is 6. The highest BCUT2D eigenvalue weighted by Crippen LogP contribution is 2.67. The number of amides is 1. The Hall–Kier alpha value is -4.59. The molecule has 0 bridgehead atoms. The molecule has 1 fully saturated rings. The van der Waals surface area contributed by atoms with E-state index in [0.717, 1.165) is 0 Å². The fraction of sp³-hybridized carbons (Fsp3) is 0.286. The molecule has 3 aromatic heterocycles. The molecule has 0 unspecified atom stereocenters. The van der Waals surface area contributed by atoms with Crippen LogP contribution in [0.3, 0.4) is 0 Å². The molecule has 6 rings (SSSR count). The SMILES string of the molecule is CN(C)C(=O)/C=C/[C@]12C[C@H]1[C@@](CF)(c1cc(Nc3nccc4nc(OCc5ncco5)cnc34)ccc1F)N=C(N)S2. The first-order valence-corrected chi connectivity index (χ1v) is 13.8. The van der Waals surface area contributed by atoms with Gasteiger partial charge in [0.25, 0.3) is 0 Å². The predicted molar refractivity (Wildman–Crippen MR) is 153 cm³/mol. The number of benzene rings is 1. The second-order valence-corrected chi connectivity index (χ2v) is 11.5. The highest BCUT2D eigenvalue weighted by molar-refractivity contribution is 8.15. The summed E-state index contributed by atoms with van der Waals surface area (Å²) in [6, 6.07) is 5.97. The summed E-state index contributed by atoms with van der Waals surface area (Å²) in [4.78, 5) is 35.4. The first kappa shape index (κ1) is 27.6. The number of rotatable bonds is 9. The topological polar surface area (TPSA) is 145 Å². The predicted octanol–water partition coefficient (Wildman–Crippen LogP) is 4.10. The van der Waals surface area contributed by atoms with Gasteiger partial charge in [0.1, 0.15) is 29.8 Å². The van der Waals surface area contributed by atoms with E-state index in [1.54, 1.807) is 32.4 Å². The molecule has 3 atom stereocenters. The molecule has 1 aliphatic carbocycles. The van der Waals surface area contributed by atoms with Gasteiger partial charge in [-0.05, 0) is 30.7 Å². The molecule has 0 spiro atoms. The number of alkyl halides is 1. The fourth-order valence-electron chi connectivity index (χ4n) is 5.08. The van der Waals surface area contributed by atoms with Crippen LogP contribution in [-0.4, -0.2) is 61.4 Å². The van der Waals surface area contributed by atoms with Gasteiger partial charge in [0.05, 0.1) is 17.9 Å². The number of aromatic nitrogens is 4. The Morgan fingerprint density at radius 1 is 1.29 bits per heavy atom. The molecule has 0 radical (unpaired) electrons. The summed E-state index contributed by atoms with van der Waals surface area (Å²) in [5, 5.41) is 3.29. The molecular formula is C28H26F2N8O3S. The van der Waals surface area contributed by atoms with E-state index >= 15 is 4.39 Å². The van der Waals surface area contributed by atoms with Crippen molar-refractivity contribution in [2.45, 2.75) is 23.3 Å². The van der Waals surface area contributed by atoms with Crippen LogP contribution in [0.5, 0.6) is 5.88 Å². The number of hydrogen-bond donors (Lipinski definition) is 2. The zero-order chi connectivity index (χ0) is 29.5. The lowest BCUT2D eigenvalue weighted by Crippen LogP contribution is -2.39. The van der Waals surface area contributed by atoms with Crippen LogP contribution in [0.2, 0.25) is 0 Å². The van der Waals surface area contributed by atoms with Crippen LogP contribution in [0.15, 0.2) is 70.7 Å². The number of carbonyl (C=O) groups excluding carboxylic acids is 1. The molecule has 14 heteroatoms. The van der Waals surface area contributed by atoms with Gasteiger partial charge in [0, 0.05) is 48.3 Å². The van der Waals surface area contributed by atoms with Gasteiger partial charge >= 0.3 is 0 Å². The minimum atomic E-state index is -1.55. The van der Waals surface area contributed by atoms with E-state index in [1.807, 2.05) is 0 Å². The Bertz CT molecular complexity index is 1720. The number of nitrogens with one attached hydrogen (secondary N) is 1. The van der Waals surface area contributed by atoms with Crippen LogP contribution in [-0.2, 0) is 16.9 Å². The second-order valence-electron chi connectivity index (χ2n) is 10.2. The molecule has 1 amide bonds. The van der Waals surface area contributed by atoms with E-state index in [2.05, 4.69) is 30.2 Å². The zero-order valence-electron chi connectivity index (χ0n) is 22.6. The summed E-state index contributed by atoms with van der Waals surface area (Å²) in [5.41, 5.74) is 6.06. The zero-order valence-corrected chi connectivity index (χ0v) is 23.4. The van der Waals surface area contributed by atoms with Crippen LogP contribution in [0.4, 0.5) is 20.3 Å². The molecule has 216 valence electrons. The van der Waals surface area contributed by atoms with E-state index in [-0.39, 0.29) is 29.1 Å². The van der Waals surface area contributed by atoms with Crippen molar-refractivity contribution in [3.63, 3.8) is 0 Å². The van der Waals surface area contributed by atoms with Crippen molar-refractivity contribution >= 4 is 45.4 Å². The maximum Gasteiger partial charge on any atom is 0.245 e. The van der Waals surface area contributed by atoms with Crippen LogP contribution in [0.1, 0.15) is 17.9 Å². The minimum absolute atomic E-state index is 0.0611. The summed E-state index contributed by atoms with van der Waals surface area (Å²) < 4.78 is 40.5. The molecule has 11 nitrogen and oxygen atoms in total. The Kier molecular flexibility index (Phi) is 7.01. The normalized spacial score (nSPS) is 23.0. The van der Waals surface area contributed by atoms with E-state index in [9.17, 15) is 9.18 Å². The highest BCUT2D eigenvalue weighted by atomic mass is 32.2. The third-order valence-electron chi connectivity index (χ3n) is 7.25. The quantitative estimate of drug-likeness (QED) is 0.273. The van der Waals surface area contributed by atoms with Gasteiger partial charge in [-0.1, -0.05) is 17.8 Å². The lowest BCUT2D eigenvalue weighted by atomic mass is 9.84. The van der Waals surface area contributed by atoms with Crippen molar-refractivity contribution in [3.8, 4) is 5.88 Å². The monoisotopic (exact) mass is 592 g/mol. The maximum atomic E-state index is 15.4. The van der Waals surface area contributed by atoms with Crippen molar-refractivity contribution < 1.29 is 22.7 Å². The van der Waals surface area contributed by atoms with Gasteiger partial charge in [0.2, 0.25) is 17.7 Å². The number of thioether (sulfide) groups is 1. The number of hydrogen-bond acceptors (Lipinski definition) is 11. The number of likely N-dealkylation sites (N-methyl/N-ethyl adjacent to an activating group) is 1. The largest absolute Gasteiger partial charge is 0.467 e. The van der Waals surface area contributed by atoms with Gasteiger partial charge < -0.3 is 25.1 Å². The van der Waals surface area contributed by atoms with Crippen LogP contribution < -0.4 is 15.8 Å². The van der Waals surface area contributed by atoms with E-state index in [1.165, 1.54) is 59.6 Å². The number of fused-ring (bicyclic) bond motifs is 2. The summed E-state index contributed by atoms with van der Waals surface area (Å²) in [6.45, 7) is -0.877. The van der Waals surface area contributed by atoms with Crippen LogP contribution in [0, 0.1) is 11.7 Å². The molecule has 2 aliphatic rings. The van der Waals surface area contributed by atoms with Gasteiger partial charge in [-0.25, -0.2) is 33.7 Å². The van der Waals surface area contributed by atoms with E-state index in [4.69, 9.17) is 14.9 Å². The smallest absolute Gasteiger partial charge is 0.245 e. The molecule has 1 aromatic carbocycles. The van der Waals surface area contributed by atoms with E-state index in [0.29, 0.717) is 34.9 Å². The second kappa shape index (κ2) is 10.7. The van der Waals surface area contributed by atoms with Crippen molar-refractivity contribution in [2.24, 2.45) is 16.6 Å². The molecule has 1 saturated carbocycles.